The average Bonchev–Trinajstić information content (AvgIpc) is 2.56. The number of aryl methyl sites for hydroxylation is 1. The highest BCUT2D eigenvalue weighted by atomic mass is 35.5. The molecule has 0 unspecified atom stereocenters. The van der Waals surface area contributed by atoms with E-state index in [4.69, 9.17) is 23.2 Å². The molecule has 0 saturated carbocycles. The SMILES string of the molecule is Cc1ccc(C(=O)N(C)N(C(=O)c2ccc(Cl)c(Cl)c2)C(C)(C)C)cc1. The number of nitrogens with zero attached hydrogens (tertiary/aromatic N) is 2. The van der Waals surface area contributed by atoms with Crippen LogP contribution in [0.4, 0.5) is 0 Å². The lowest BCUT2D eigenvalue weighted by Gasteiger charge is -2.41. The van der Waals surface area contributed by atoms with E-state index >= 15 is 0 Å². The van der Waals surface area contributed by atoms with Crippen LogP contribution < -0.4 is 0 Å². The number of amides is 2. The van der Waals surface area contributed by atoms with Crippen molar-refractivity contribution in [2.75, 3.05) is 7.05 Å². The second kappa shape index (κ2) is 7.68. The van der Waals surface area contributed by atoms with Crippen LogP contribution in [0.25, 0.3) is 0 Å². The van der Waals surface area contributed by atoms with Gasteiger partial charge in [0.2, 0.25) is 0 Å². The molecule has 0 atom stereocenters. The Kier molecular flexibility index (Phi) is 5.99. The van der Waals surface area contributed by atoms with Crippen molar-refractivity contribution in [1.82, 2.24) is 10.0 Å². The van der Waals surface area contributed by atoms with Crippen LogP contribution in [0.15, 0.2) is 42.5 Å². The summed E-state index contributed by atoms with van der Waals surface area (Å²) < 4.78 is 0. The van der Waals surface area contributed by atoms with Gasteiger partial charge in [0.05, 0.1) is 15.6 Å². The number of carbonyl (C=O) groups is 2. The molecule has 0 aliphatic rings. The Morgan fingerprint density at radius 1 is 0.846 bits per heavy atom. The minimum Gasteiger partial charge on any atom is -0.267 e. The van der Waals surface area contributed by atoms with Crippen LogP contribution in [0.1, 0.15) is 47.1 Å². The highest BCUT2D eigenvalue weighted by Crippen LogP contribution is 2.26. The molecule has 2 amide bonds. The van der Waals surface area contributed by atoms with Crippen LogP contribution in [0.5, 0.6) is 0 Å². The summed E-state index contributed by atoms with van der Waals surface area (Å²) in [6.45, 7) is 7.54. The Labute approximate surface area is 164 Å². The molecule has 2 aromatic rings. The van der Waals surface area contributed by atoms with Crippen molar-refractivity contribution in [1.29, 1.82) is 0 Å². The van der Waals surface area contributed by atoms with Gasteiger partial charge in [-0.1, -0.05) is 40.9 Å². The van der Waals surface area contributed by atoms with Crippen molar-refractivity contribution in [3.63, 3.8) is 0 Å². The molecule has 0 radical (unpaired) electrons. The fraction of sp³-hybridized carbons (Fsp3) is 0.300. The summed E-state index contributed by atoms with van der Waals surface area (Å²) in [6, 6.07) is 11.9. The van der Waals surface area contributed by atoms with Crippen molar-refractivity contribution in [2.45, 2.75) is 33.2 Å². The maximum absolute atomic E-state index is 13.1. The van der Waals surface area contributed by atoms with Crippen molar-refractivity contribution in [3.05, 3.63) is 69.2 Å². The van der Waals surface area contributed by atoms with E-state index in [0.717, 1.165) is 5.56 Å². The molecule has 0 aliphatic heterocycles. The lowest BCUT2D eigenvalue weighted by atomic mass is 10.1. The van der Waals surface area contributed by atoms with Crippen LogP contribution in [0, 0.1) is 6.92 Å². The number of benzene rings is 2. The van der Waals surface area contributed by atoms with E-state index in [2.05, 4.69) is 0 Å². The predicted octanol–water partition coefficient (Wildman–Crippen LogP) is 5.23. The van der Waals surface area contributed by atoms with Gasteiger partial charge in [0.25, 0.3) is 11.8 Å². The van der Waals surface area contributed by atoms with Gasteiger partial charge in [-0.15, -0.1) is 0 Å². The molecule has 0 saturated heterocycles. The van der Waals surface area contributed by atoms with Crippen LogP contribution in [0.3, 0.4) is 0 Å². The van der Waals surface area contributed by atoms with Crippen molar-refractivity contribution in [3.8, 4) is 0 Å². The number of hydrazine groups is 1. The monoisotopic (exact) mass is 392 g/mol. The van der Waals surface area contributed by atoms with E-state index in [0.29, 0.717) is 21.2 Å². The molecule has 138 valence electrons. The van der Waals surface area contributed by atoms with Gasteiger partial charge in [0, 0.05) is 18.2 Å². The van der Waals surface area contributed by atoms with Crippen LogP contribution in [-0.4, -0.2) is 34.4 Å². The predicted molar refractivity (Wildman–Crippen MR) is 106 cm³/mol. The second-order valence-corrected chi connectivity index (χ2v) is 7.93. The molecule has 0 fully saturated rings. The fourth-order valence-electron chi connectivity index (χ4n) is 2.62. The quantitative estimate of drug-likeness (QED) is 0.656. The van der Waals surface area contributed by atoms with Gasteiger partial charge >= 0.3 is 0 Å². The van der Waals surface area contributed by atoms with E-state index in [1.54, 1.807) is 31.3 Å². The molecule has 0 aliphatic carbocycles. The number of hydrogen-bond acceptors (Lipinski definition) is 2. The topological polar surface area (TPSA) is 40.6 Å². The maximum Gasteiger partial charge on any atom is 0.273 e. The molecule has 0 spiro atoms. The smallest absolute Gasteiger partial charge is 0.267 e. The zero-order chi connectivity index (χ0) is 19.6. The molecule has 2 rings (SSSR count). The number of hydrogen-bond donors (Lipinski definition) is 0. The summed E-state index contributed by atoms with van der Waals surface area (Å²) in [5, 5.41) is 3.43. The lowest BCUT2D eigenvalue weighted by Crippen LogP contribution is -2.56. The fourth-order valence-corrected chi connectivity index (χ4v) is 2.91. The Hall–Kier alpha value is -2.04. The summed E-state index contributed by atoms with van der Waals surface area (Å²) >= 11 is 12.0. The number of halogens is 2. The molecule has 0 aromatic heterocycles. The number of carbonyl (C=O) groups excluding carboxylic acids is 2. The molecule has 26 heavy (non-hydrogen) atoms. The van der Waals surface area contributed by atoms with Gasteiger partial charge in [-0.3, -0.25) is 9.59 Å². The van der Waals surface area contributed by atoms with Gasteiger partial charge < -0.3 is 0 Å². The molecule has 2 aromatic carbocycles. The average molecular weight is 393 g/mol. The highest BCUT2D eigenvalue weighted by molar-refractivity contribution is 6.42. The first-order valence-corrected chi connectivity index (χ1v) is 8.92. The summed E-state index contributed by atoms with van der Waals surface area (Å²) in [5.74, 6) is -0.604. The van der Waals surface area contributed by atoms with Gasteiger partial charge in [-0.05, 0) is 58.0 Å². The third-order valence-corrected chi connectivity index (χ3v) is 4.63. The first-order valence-electron chi connectivity index (χ1n) is 8.16. The van der Waals surface area contributed by atoms with Gasteiger partial charge in [0.15, 0.2) is 0 Å². The zero-order valence-corrected chi connectivity index (χ0v) is 17.0. The summed E-state index contributed by atoms with van der Waals surface area (Å²) in [7, 11) is 1.59. The summed E-state index contributed by atoms with van der Waals surface area (Å²) in [4.78, 5) is 26.0. The first-order chi connectivity index (χ1) is 12.0. The Morgan fingerprint density at radius 2 is 1.38 bits per heavy atom. The van der Waals surface area contributed by atoms with E-state index in [-0.39, 0.29) is 11.8 Å². The van der Waals surface area contributed by atoms with E-state index in [1.165, 1.54) is 16.1 Å². The molecular weight excluding hydrogens is 371 g/mol. The van der Waals surface area contributed by atoms with Gasteiger partial charge in [-0.2, -0.15) is 0 Å². The van der Waals surface area contributed by atoms with Crippen molar-refractivity contribution < 1.29 is 9.59 Å². The minimum absolute atomic E-state index is 0.270. The second-order valence-electron chi connectivity index (χ2n) is 7.11. The summed E-state index contributed by atoms with van der Waals surface area (Å²) in [6.07, 6.45) is 0. The standard InChI is InChI=1S/C20H22Cl2N2O2/c1-13-6-8-14(9-7-13)18(25)23(5)24(20(2,3)4)19(26)15-10-11-16(21)17(22)12-15/h6-12H,1-5H3. The first kappa shape index (κ1) is 20.3. The third-order valence-electron chi connectivity index (χ3n) is 3.89. The molecular formula is C20H22Cl2N2O2. The van der Waals surface area contributed by atoms with Gasteiger partial charge in [-0.25, -0.2) is 10.0 Å². The van der Waals surface area contributed by atoms with E-state index in [9.17, 15) is 9.59 Å². The lowest BCUT2D eigenvalue weighted by molar-refractivity contribution is -0.0308. The minimum atomic E-state index is -0.627. The van der Waals surface area contributed by atoms with E-state index in [1.807, 2.05) is 39.8 Å². The molecule has 0 heterocycles. The molecule has 0 N–H and O–H groups in total. The molecule has 0 bridgehead atoms. The Bertz CT molecular complexity index is 827. The third kappa shape index (κ3) is 4.37. The maximum atomic E-state index is 13.1. The molecule has 4 nitrogen and oxygen atoms in total. The number of rotatable bonds is 2. The Balaban J connectivity index is 2.40. The van der Waals surface area contributed by atoms with Crippen molar-refractivity contribution in [2.24, 2.45) is 0 Å². The van der Waals surface area contributed by atoms with Crippen LogP contribution in [-0.2, 0) is 0 Å². The highest BCUT2D eigenvalue weighted by Gasteiger charge is 2.34. The normalized spacial score (nSPS) is 11.2. The Morgan fingerprint density at radius 3 is 1.88 bits per heavy atom. The largest absolute Gasteiger partial charge is 0.273 e. The van der Waals surface area contributed by atoms with E-state index < -0.39 is 5.54 Å². The van der Waals surface area contributed by atoms with Crippen LogP contribution in [0.2, 0.25) is 10.0 Å². The van der Waals surface area contributed by atoms with Crippen molar-refractivity contribution >= 4 is 35.0 Å². The molecule has 6 heteroatoms. The zero-order valence-electron chi connectivity index (χ0n) is 15.5. The van der Waals surface area contributed by atoms with Crippen LogP contribution >= 0.6 is 23.2 Å². The summed E-state index contributed by atoms with van der Waals surface area (Å²) in [5.41, 5.74) is 1.30. The van der Waals surface area contributed by atoms with Gasteiger partial charge in [0.1, 0.15) is 0 Å².